The Morgan fingerprint density at radius 3 is 1.65 bits per heavy atom. The number of aliphatic hydroxyl groups excluding tert-OH is 2. The molecule has 2 heterocycles. The number of nitrogens with two attached hydrogens (primary N) is 1. The highest BCUT2D eigenvalue weighted by Gasteiger charge is 2.14. The lowest BCUT2D eigenvalue weighted by Gasteiger charge is -2.19. The van der Waals surface area contributed by atoms with Gasteiger partial charge in [0.15, 0.2) is 23.1 Å². The fourth-order valence-corrected chi connectivity index (χ4v) is 3.55. The van der Waals surface area contributed by atoms with Crippen molar-refractivity contribution in [3.05, 3.63) is 17.7 Å². The minimum Gasteiger partial charge on any atom is -0.491 e. The Hall–Kier alpha value is -1.87. The number of rotatable bonds is 16. The Balaban J connectivity index is -0.000000295. The van der Waals surface area contributed by atoms with E-state index in [1.165, 1.54) is 6.20 Å². The third kappa shape index (κ3) is 17.7. The van der Waals surface area contributed by atoms with Gasteiger partial charge in [-0.15, -0.1) is 0 Å². The number of nitrogen functional groups attached to an aromatic ring is 1. The first-order valence-electron chi connectivity index (χ1n) is 12.4. The van der Waals surface area contributed by atoms with Crippen LogP contribution in [0.25, 0.3) is 0 Å². The van der Waals surface area contributed by atoms with Crippen LogP contribution in [0.5, 0.6) is 11.5 Å². The minimum absolute atomic E-state index is 0. The van der Waals surface area contributed by atoms with Crippen molar-refractivity contribution in [3.8, 4) is 11.5 Å². The van der Waals surface area contributed by atoms with E-state index in [1.807, 2.05) is 0 Å². The number of nitrogens with one attached hydrogen (secondary N) is 2. The molecule has 0 spiro atoms. The average molecular weight is 623 g/mol. The predicted octanol–water partition coefficient (Wildman–Crippen LogP) is 4.39. The Labute approximate surface area is 261 Å². The van der Waals surface area contributed by atoms with Crippen LogP contribution in [0.2, 0.25) is 5.28 Å². The number of aromatic nitrogens is 4. The highest BCUT2D eigenvalue weighted by atomic mass is 35.5. The molecule has 6 N–H and O–H groups in total. The summed E-state index contributed by atoms with van der Waals surface area (Å²) in [5.41, 5.74) is 5.56. The molecule has 11 nitrogen and oxygen atoms in total. The monoisotopic (exact) mass is 622 g/mol. The highest BCUT2D eigenvalue weighted by Crippen LogP contribution is 2.25. The normalized spacial score (nSPS) is 11.0. The van der Waals surface area contributed by atoms with Crippen LogP contribution in [-0.2, 0) is 0 Å². The summed E-state index contributed by atoms with van der Waals surface area (Å²) in [6.07, 6.45) is 10.8. The number of ether oxygens (including phenoxy) is 2. The summed E-state index contributed by atoms with van der Waals surface area (Å²) in [4.78, 5) is 16.0. The van der Waals surface area contributed by atoms with Gasteiger partial charge in [-0.25, -0.2) is 9.97 Å². The second-order valence-electron chi connectivity index (χ2n) is 8.19. The average Bonchev–Trinajstić information content (AvgIpc) is 2.87. The molecule has 2 aromatic heterocycles. The Morgan fingerprint density at radius 2 is 1.25 bits per heavy atom. The summed E-state index contributed by atoms with van der Waals surface area (Å²) in [6.45, 7) is 4.56. The lowest BCUT2D eigenvalue weighted by molar-refractivity contribution is 0.275. The zero-order valence-corrected chi connectivity index (χ0v) is 26.2. The number of aliphatic hydroxyl groups is 2. The minimum atomic E-state index is 0. The third-order valence-electron chi connectivity index (χ3n) is 5.39. The largest absolute Gasteiger partial charge is 0.491 e. The fourth-order valence-electron chi connectivity index (χ4n) is 3.42. The fraction of sp³-hybridized carbons (Fsp3) is 0.680. The van der Waals surface area contributed by atoms with Crippen molar-refractivity contribution in [3.63, 3.8) is 0 Å². The maximum Gasteiger partial charge on any atom is 0.224 e. The van der Waals surface area contributed by atoms with E-state index in [4.69, 9.17) is 37.0 Å². The summed E-state index contributed by atoms with van der Waals surface area (Å²) >= 11 is 5.77. The van der Waals surface area contributed by atoms with Gasteiger partial charge in [-0.05, 0) is 37.3 Å². The lowest BCUT2D eigenvalue weighted by atomic mass is 10.1. The van der Waals surface area contributed by atoms with Crippen molar-refractivity contribution in [1.29, 1.82) is 0 Å². The number of hydrogen-bond acceptors (Lipinski definition) is 11. The van der Waals surface area contributed by atoms with E-state index in [0.717, 1.165) is 38.5 Å². The molecule has 0 aliphatic rings. The van der Waals surface area contributed by atoms with Crippen molar-refractivity contribution in [2.75, 3.05) is 43.8 Å². The van der Waals surface area contributed by atoms with Crippen LogP contribution >= 0.6 is 38.6 Å². The second-order valence-corrected chi connectivity index (χ2v) is 8.53. The van der Waals surface area contributed by atoms with Gasteiger partial charge in [-0.3, -0.25) is 0 Å². The topological polar surface area (TPSA) is 161 Å². The van der Waals surface area contributed by atoms with Crippen LogP contribution in [-0.4, -0.2) is 78.1 Å². The zero-order chi connectivity index (χ0) is 26.8. The molecule has 0 aromatic carbocycles. The van der Waals surface area contributed by atoms with Crippen molar-refractivity contribution >= 4 is 64.6 Å². The molecule has 3 radical (unpaired) electrons. The van der Waals surface area contributed by atoms with Crippen LogP contribution in [0.4, 0.5) is 17.6 Å². The SMILES string of the molecule is C.CCCC[C@@H](CCO)Nc1nc(Cl)ncc1OC.CCCC[C@@H](CCO)Nc1nc(N)ncc1OC.S.S.[B]. The molecule has 0 aliphatic carbocycles. The predicted molar refractivity (Wildman–Crippen MR) is 177 cm³/mol. The molecule has 15 heteroatoms. The van der Waals surface area contributed by atoms with Crippen molar-refractivity contribution in [2.24, 2.45) is 0 Å². The van der Waals surface area contributed by atoms with Crippen LogP contribution < -0.4 is 25.8 Å². The summed E-state index contributed by atoms with van der Waals surface area (Å²) in [6, 6.07) is 0.327. The Kier molecular flexibility index (Phi) is 30.8. The molecule has 0 saturated heterocycles. The molecule has 0 amide bonds. The van der Waals surface area contributed by atoms with Gasteiger partial charge in [0.1, 0.15) is 0 Å². The molecule has 0 unspecified atom stereocenters. The number of halogens is 1. The summed E-state index contributed by atoms with van der Waals surface area (Å²) in [5, 5.41) is 24.8. The van der Waals surface area contributed by atoms with Gasteiger partial charge >= 0.3 is 0 Å². The van der Waals surface area contributed by atoms with E-state index in [-0.39, 0.29) is 79.4 Å². The first-order valence-corrected chi connectivity index (χ1v) is 12.8. The van der Waals surface area contributed by atoms with E-state index in [2.05, 4.69) is 44.4 Å². The molecule has 2 aromatic rings. The van der Waals surface area contributed by atoms with Gasteiger partial charge in [0.2, 0.25) is 11.2 Å². The number of hydrogen-bond donors (Lipinski definition) is 5. The van der Waals surface area contributed by atoms with Gasteiger partial charge in [0, 0.05) is 33.7 Å². The quantitative estimate of drug-likeness (QED) is 0.133. The molecule has 2 rings (SSSR count). The summed E-state index contributed by atoms with van der Waals surface area (Å²) in [5.74, 6) is 2.48. The number of anilines is 3. The Bertz CT molecular complexity index is 812. The van der Waals surface area contributed by atoms with Crippen LogP contribution in [0, 0.1) is 0 Å². The van der Waals surface area contributed by atoms with Gasteiger partial charge in [0.05, 0.1) is 26.6 Å². The first-order chi connectivity index (χ1) is 17.4. The maximum absolute atomic E-state index is 9.07. The lowest BCUT2D eigenvalue weighted by Crippen LogP contribution is -2.22. The van der Waals surface area contributed by atoms with Crippen LogP contribution in [0.3, 0.4) is 0 Å². The first kappa shape index (κ1) is 45.1. The molecule has 0 bridgehead atoms. The van der Waals surface area contributed by atoms with E-state index in [1.54, 1.807) is 20.4 Å². The number of nitrogens with zero attached hydrogens (tertiary/aromatic N) is 4. The zero-order valence-electron chi connectivity index (χ0n) is 23.4. The van der Waals surface area contributed by atoms with Crippen LogP contribution in [0.1, 0.15) is 72.6 Å². The number of unbranched alkanes of at least 4 members (excludes halogenated alkanes) is 2. The molecular weight excluding hydrogens is 573 g/mol. The molecule has 231 valence electrons. The van der Waals surface area contributed by atoms with Gasteiger partial charge in [0.25, 0.3) is 0 Å². The van der Waals surface area contributed by atoms with Crippen molar-refractivity contribution in [1.82, 2.24) is 19.9 Å². The molecule has 40 heavy (non-hydrogen) atoms. The van der Waals surface area contributed by atoms with Crippen molar-refractivity contribution in [2.45, 2.75) is 84.7 Å². The van der Waals surface area contributed by atoms with E-state index in [0.29, 0.717) is 36.0 Å². The molecule has 0 saturated carbocycles. The number of methoxy groups -OCH3 is 2. The van der Waals surface area contributed by atoms with Gasteiger partial charge in [-0.2, -0.15) is 37.0 Å². The highest BCUT2D eigenvalue weighted by molar-refractivity contribution is 7.59. The third-order valence-corrected chi connectivity index (χ3v) is 5.57. The summed E-state index contributed by atoms with van der Waals surface area (Å²) < 4.78 is 10.4. The molecule has 0 fully saturated rings. The molecular formula is C25H50BClN7O4S2. The summed E-state index contributed by atoms with van der Waals surface area (Å²) in [7, 11) is 3.12. The van der Waals surface area contributed by atoms with E-state index < -0.39 is 0 Å². The maximum atomic E-state index is 9.07. The standard InChI is InChI=1S/C12H20ClN3O2.C12H22N4O2.CH4.B.2H2S/c2*1-3-4-5-9(6-7-17)15-11-10(18-2)8-14-12(13)16-11;;;;/h8-9,17H,3-7H2,1-2H3,(H,14,15,16);8-9,17H,3-7H2,1-2H3,(H3,13,14,15,16);1H4;;2*1H2/t2*9-;;;;/m00..../s1. The van der Waals surface area contributed by atoms with Crippen molar-refractivity contribution < 1.29 is 19.7 Å². The molecule has 2 atom stereocenters. The van der Waals surface area contributed by atoms with Gasteiger partial charge in [-0.1, -0.05) is 47.0 Å². The smallest absolute Gasteiger partial charge is 0.224 e. The Morgan fingerprint density at radius 1 is 0.825 bits per heavy atom. The van der Waals surface area contributed by atoms with Crippen LogP contribution in [0.15, 0.2) is 12.4 Å². The van der Waals surface area contributed by atoms with E-state index >= 15 is 0 Å². The second kappa shape index (κ2) is 27.3. The van der Waals surface area contributed by atoms with E-state index in [9.17, 15) is 0 Å². The molecule has 0 aliphatic heterocycles. The van der Waals surface area contributed by atoms with Gasteiger partial charge < -0.3 is 36.1 Å².